The Morgan fingerprint density at radius 3 is 2.81 bits per heavy atom. The molecule has 0 fully saturated rings. The maximum atomic E-state index is 11.7. The second-order valence-corrected chi connectivity index (χ2v) is 6.73. The van der Waals surface area contributed by atoms with E-state index in [2.05, 4.69) is 15.3 Å². The fraction of sp³-hybridized carbons (Fsp3) is 0.385. The maximum absolute atomic E-state index is 11.7. The summed E-state index contributed by atoms with van der Waals surface area (Å²) in [4.78, 5) is 33.0. The van der Waals surface area contributed by atoms with Gasteiger partial charge in [0.1, 0.15) is 22.2 Å². The Bertz CT molecular complexity index is 699. The summed E-state index contributed by atoms with van der Waals surface area (Å²) in [6.45, 7) is 5.46. The molecule has 0 saturated carbocycles. The number of thiophene rings is 1. The van der Waals surface area contributed by atoms with Gasteiger partial charge in [-0.15, -0.1) is 11.3 Å². The molecule has 0 aliphatic carbocycles. The lowest BCUT2D eigenvalue weighted by atomic mass is 10.2. The lowest BCUT2D eigenvalue weighted by Crippen LogP contribution is -2.39. The van der Waals surface area contributed by atoms with Crippen LogP contribution in [0.2, 0.25) is 0 Å². The molecule has 2 aromatic rings. The quantitative estimate of drug-likeness (QED) is 0.645. The molecule has 2 N–H and O–H groups in total. The second kappa shape index (κ2) is 6.40. The summed E-state index contributed by atoms with van der Waals surface area (Å²) in [6, 6.07) is -0.895. The number of nitrogens with one attached hydrogen (secondary N) is 1. The number of carboxylic acid groups (broad SMARTS) is 1. The predicted octanol–water partition coefficient (Wildman–Crippen LogP) is 1.99. The van der Waals surface area contributed by atoms with Crippen LogP contribution in [0.1, 0.15) is 17.4 Å². The average Bonchev–Trinajstić information content (AvgIpc) is 2.72. The summed E-state index contributed by atoms with van der Waals surface area (Å²) in [5.41, 5.74) is 1.12. The van der Waals surface area contributed by atoms with Crippen molar-refractivity contribution in [1.82, 2.24) is 15.3 Å². The summed E-state index contributed by atoms with van der Waals surface area (Å²) in [5.74, 6) is -1.26. The lowest BCUT2D eigenvalue weighted by molar-refractivity contribution is -0.140. The van der Waals surface area contributed by atoms with Gasteiger partial charge in [-0.25, -0.2) is 9.97 Å². The highest BCUT2D eigenvalue weighted by Crippen LogP contribution is 2.34. The Labute approximate surface area is 130 Å². The monoisotopic (exact) mass is 325 g/mol. The summed E-state index contributed by atoms with van der Waals surface area (Å²) in [7, 11) is 0. The molecule has 0 aliphatic heterocycles. The van der Waals surface area contributed by atoms with Crippen LogP contribution < -0.4 is 5.32 Å². The van der Waals surface area contributed by atoms with Gasteiger partial charge in [0.15, 0.2) is 0 Å². The van der Waals surface area contributed by atoms with Crippen LogP contribution in [0.25, 0.3) is 10.2 Å². The van der Waals surface area contributed by atoms with Crippen molar-refractivity contribution in [2.24, 2.45) is 0 Å². The SMILES string of the molecule is Cc1sc2ncnc(SCC(=O)NC(C)C(=O)O)c2c1C. The molecule has 112 valence electrons. The van der Waals surface area contributed by atoms with Crippen molar-refractivity contribution in [3.63, 3.8) is 0 Å². The average molecular weight is 325 g/mol. The summed E-state index contributed by atoms with van der Waals surface area (Å²) in [6.07, 6.45) is 1.48. The van der Waals surface area contributed by atoms with Crippen LogP contribution in [0.5, 0.6) is 0 Å². The van der Waals surface area contributed by atoms with Crippen LogP contribution >= 0.6 is 23.1 Å². The molecular weight excluding hydrogens is 310 g/mol. The Morgan fingerprint density at radius 2 is 2.14 bits per heavy atom. The number of carbonyl (C=O) groups excluding carboxylic acids is 1. The van der Waals surface area contributed by atoms with Gasteiger partial charge < -0.3 is 10.4 Å². The van der Waals surface area contributed by atoms with E-state index in [1.165, 1.54) is 29.9 Å². The predicted molar refractivity (Wildman–Crippen MR) is 82.9 cm³/mol. The fourth-order valence-corrected chi connectivity index (χ4v) is 3.67. The number of hydrogen-bond donors (Lipinski definition) is 2. The first-order chi connectivity index (χ1) is 9.90. The van der Waals surface area contributed by atoms with Gasteiger partial charge in [0.2, 0.25) is 5.91 Å². The smallest absolute Gasteiger partial charge is 0.325 e. The number of amides is 1. The van der Waals surface area contributed by atoms with Crippen LogP contribution in [0, 0.1) is 13.8 Å². The number of fused-ring (bicyclic) bond motifs is 1. The molecule has 1 atom stereocenters. The zero-order chi connectivity index (χ0) is 15.6. The normalized spacial score (nSPS) is 12.3. The third kappa shape index (κ3) is 3.51. The molecule has 6 nitrogen and oxygen atoms in total. The van der Waals surface area contributed by atoms with Gasteiger partial charge in [-0.2, -0.15) is 0 Å². The minimum Gasteiger partial charge on any atom is -0.480 e. The molecular formula is C13H15N3O3S2. The molecule has 1 unspecified atom stereocenters. The number of rotatable bonds is 5. The third-order valence-electron chi connectivity index (χ3n) is 3.02. The molecule has 2 heterocycles. The van der Waals surface area contributed by atoms with Gasteiger partial charge in [0.25, 0.3) is 0 Å². The zero-order valence-electron chi connectivity index (χ0n) is 11.8. The van der Waals surface area contributed by atoms with Gasteiger partial charge in [0, 0.05) is 10.3 Å². The van der Waals surface area contributed by atoms with Crippen LogP contribution in [-0.2, 0) is 9.59 Å². The molecule has 1 amide bonds. The summed E-state index contributed by atoms with van der Waals surface area (Å²) in [5, 5.41) is 12.9. The number of aryl methyl sites for hydroxylation is 2. The van der Waals surface area contributed by atoms with Crippen molar-refractivity contribution in [3.05, 3.63) is 16.8 Å². The number of carboxylic acids is 1. The first kappa shape index (κ1) is 15.7. The summed E-state index contributed by atoms with van der Waals surface area (Å²) >= 11 is 2.89. The Kier molecular flexibility index (Phi) is 4.79. The van der Waals surface area contributed by atoms with Crippen molar-refractivity contribution in [2.75, 3.05) is 5.75 Å². The van der Waals surface area contributed by atoms with E-state index in [1.807, 2.05) is 13.8 Å². The first-order valence-electron chi connectivity index (χ1n) is 6.25. The molecule has 0 aliphatic rings. The molecule has 8 heteroatoms. The van der Waals surface area contributed by atoms with Crippen molar-refractivity contribution >= 4 is 45.2 Å². The van der Waals surface area contributed by atoms with Crippen LogP contribution in [0.3, 0.4) is 0 Å². The minimum atomic E-state index is -1.05. The molecule has 2 rings (SSSR count). The van der Waals surface area contributed by atoms with E-state index in [4.69, 9.17) is 5.11 Å². The number of hydrogen-bond acceptors (Lipinski definition) is 6. The summed E-state index contributed by atoms with van der Waals surface area (Å²) < 4.78 is 0. The van der Waals surface area contributed by atoms with E-state index < -0.39 is 12.0 Å². The fourth-order valence-electron chi connectivity index (χ4n) is 1.74. The molecule has 0 bridgehead atoms. The van der Waals surface area contributed by atoms with Crippen molar-refractivity contribution in [1.29, 1.82) is 0 Å². The lowest BCUT2D eigenvalue weighted by Gasteiger charge is -2.09. The van der Waals surface area contributed by atoms with E-state index in [0.717, 1.165) is 20.8 Å². The first-order valence-corrected chi connectivity index (χ1v) is 8.06. The van der Waals surface area contributed by atoms with Crippen LogP contribution in [-0.4, -0.2) is 38.7 Å². The Balaban J connectivity index is 2.10. The standard InChI is InChI=1S/C13H15N3O3S2/c1-6-8(3)21-12-10(6)11(14-5-15-12)20-4-9(17)16-7(2)13(18)19/h5,7H,4H2,1-3H3,(H,16,17)(H,18,19). The molecule has 21 heavy (non-hydrogen) atoms. The van der Waals surface area contributed by atoms with E-state index >= 15 is 0 Å². The van der Waals surface area contributed by atoms with Crippen LogP contribution in [0.4, 0.5) is 0 Å². The number of aromatic nitrogens is 2. The van der Waals surface area contributed by atoms with Crippen molar-refractivity contribution in [3.8, 4) is 0 Å². The molecule has 0 saturated heterocycles. The van der Waals surface area contributed by atoms with E-state index in [1.54, 1.807) is 11.3 Å². The van der Waals surface area contributed by atoms with E-state index in [0.29, 0.717) is 0 Å². The molecule has 0 spiro atoms. The Hall–Kier alpha value is -1.67. The van der Waals surface area contributed by atoms with Crippen LogP contribution in [0.15, 0.2) is 11.4 Å². The highest BCUT2D eigenvalue weighted by Gasteiger charge is 2.16. The van der Waals surface area contributed by atoms with Gasteiger partial charge in [0.05, 0.1) is 5.75 Å². The Morgan fingerprint density at radius 1 is 1.43 bits per heavy atom. The van der Waals surface area contributed by atoms with Gasteiger partial charge in [-0.3, -0.25) is 9.59 Å². The van der Waals surface area contributed by atoms with Gasteiger partial charge >= 0.3 is 5.97 Å². The second-order valence-electron chi connectivity index (χ2n) is 4.56. The van der Waals surface area contributed by atoms with E-state index in [9.17, 15) is 9.59 Å². The zero-order valence-corrected chi connectivity index (χ0v) is 13.5. The molecule has 0 radical (unpaired) electrons. The highest BCUT2D eigenvalue weighted by molar-refractivity contribution is 8.00. The number of thioether (sulfide) groups is 1. The highest BCUT2D eigenvalue weighted by atomic mass is 32.2. The largest absolute Gasteiger partial charge is 0.480 e. The number of carbonyl (C=O) groups is 2. The van der Waals surface area contributed by atoms with E-state index in [-0.39, 0.29) is 11.7 Å². The third-order valence-corrected chi connectivity index (χ3v) is 5.12. The maximum Gasteiger partial charge on any atom is 0.325 e. The topological polar surface area (TPSA) is 92.2 Å². The van der Waals surface area contributed by atoms with Crippen molar-refractivity contribution < 1.29 is 14.7 Å². The van der Waals surface area contributed by atoms with Gasteiger partial charge in [-0.1, -0.05) is 11.8 Å². The minimum absolute atomic E-state index is 0.123. The van der Waals surface area contributed by atoms with Gasteiger partial charge in [-0.05, 0) is 26.3 Å². The van der Waals surface area contributed by atoms with Crippen molar-refractivity contribution in [2.45, 2.75) is 31.8 Å². The molecule has 2 aromatic heterocycles. The number of aliphatic carboxylic acids is 1. The number of nitrogens with zero attached hydrogens (tertiary/aromatic N) is 2. The molecule has 0 aromatic carbocycles.